The summed E-state index contributed by atoms with van der Waals surface area (Å²) >= 11 is 0. The number of carboxylic acids is 1. The topological polar surface area (TPSA) is 67.6 Å². The Morgan fingerprint density at radius 3 is 2.44 bits per heavy atom. The highest BCUT2D eigenvalue weighted by molar-refractivity contribution is 5.88. The van der Waals surface area contributed by atoms with Crippen molar-refractivity contribution in [2.24, 2.45) is 0 Å². The number of imidazole rings is 1. The molecule has 1 saturated heterocycles. The van der Waals surface area contributed by atoms with Gasteiger partial charge in [-0.05, 0) is 70.8 Å². The van der Waals surface area contributed by atoms with E-state index in [4.69, 9.17) is 4.74 Å². The van der Waals surface area contributed by atoms with Gasteiger partial charge in [-0.3, -0.25) is 0 Å². The zero-order valence-electron chi connectivity index (χ0n) is 24.2. The summed E-state index contributed by atoms with van der Waals surface area (Å²) < 4.78 is 8.03. The molecule has 0 atom stereocenters. The standard InChI is InChI=1S/C37H35N3O3/c41-37(42)34-24-38-36-35(33-11-4-2-7-28(33)19-23-40(34)36)29-17-21-39(22-18-29)20-16-26-12-14-31(15-13-26)43-25-30-9-5-8-27-6-1-3-10-32(27)30/h1-15,24H,16-23,25H2,(H,41,42). The SMILES string of the molecule is O=C(O)c1cnc2n1CCc1ccccc1C2=C1CCN(CCc2ccc(OCc3cccc4ccccc34)cc2)CC1. The van der Waals surface area contributed by atoms with E-state index in [9.17, 15) is 9.90 Å². The molecule has 0 saturated carbocycles. The average molecular weight is 570 g/mol. The number of rotatable bonds is 7. The molecule has 0 bridgehead atoms. The Balaban J connectivity index is 0.992. The van der Waals surface area contributed by atoms with Crippen LogP contribution < -0.4 is 4.74 Å². The van der Waals surface area contributed by atoms with E-state index in [1.807, 2.05) is 4.57 Å². The second-order valence-electron chi connectivity index (χ2n) is 11.5. The molecule has 7 rings (SSSR count). The molecule has 0 unspecified atom stereocenters. The monoisotopic (exact) mass is 569 g/mol. The number of likely N-dealkylation sites (tertiary alicyclic amines) is 1. The smallest absolute Gasteiger partial charge is 0.354 e. The van der Waals surface area contributed by atoms with Crippen LogP contribution in [0.25, 0.3) is 16.3 Å². The number of aryl methyl sites for hydroxylation is 1. The molecular formula is C37H35N3O3. The summed E-state index contributed by atoms with van der Waals surface area (Å²) in [7, 11) is 0. The van der Waals surface area contributed by atoms with Gasteiger partial charge in [0.2, 0.25) is 0 Å². The van der Waals surface area contributed by atoms with Gasteiger partial charge in [-0.15, -0.1) is 0 Å². The lowest BCUT2D eigenvalue weighted by Gasteiger charge is -2.30. The van der Waals surface area contributed by atoms with E-state index in [-0.39, 0.29) is 5.69 Å². The van der Waals surface area contributed by atoms with E-state index in [0.29, 0.717) is 13.2 Å². The van der Waals surface area contributed by atoms with Crippen LogP contribution in [-0.4, -0.2) is 45.2 Å². The first-order valence-electron chi connectivity index (χ1n) is 15.1. The molecule has 6 heteroatoms. The minimum Gasteiger partial charge on any atom is -0.489 e. The number of fused-ring (bicyclic) bond motifs is 3. The number of hydrogen-bond acceptors (Lipinski definition) is 4. The van der Waals surface area contributed by atoms with Crippen LogP contribution in [0.1, 0.15) is 51.4 Å². The Kier molecular flexibility index (Phi) is 7.52. The fourth-order valence-corrected chi connectivity index (χ4v) is 6.57. The number of piperidine rings is 1. The van der Waals surface area contributed by atoms with Crippen molar-refractivity contribution in [3.8, 4) is 5.75 Å². The summed E-state index contributed by atoms with van der Waals surface area (Å²) in [6.45, 7) is 4.16. The highest BCUT2D eigenvalue weighted by Gasteiger charge is 2.27. The summed E-state index contributed by atoms with van der Waals surface area (Å²) in [6, 6.07) is 31.8. The molecule has 5 aromatic rings. The fourth-order valence-electron chi connectivity index (χ4n) is 6.57. The molecule has 0 aliphatic carbocycles. The maximum absolute atomic E-state index is 11.9. The minimum absolute atomic E-state index is 0.267. The highest BCUT2D eigenvalue weighted by atomic mass is 16.5. The number of hydrogen-bond donors (Lipinski definition) is 1. The third-order valence-electron chi connectivity index (χ3n) is 8.92. The first-order chi connectivity index (χ1) is 21.1. The van der Waals surface area contributed by atoms with Crippen molar-refractivity contribution in [3.05, 3.63) is 137 Å². The predicted molar refractivity (Wildman–Crippen MR) is 169 cm³/mol. The van der Waals surface area contributed by atoms with Crippen LogP contribution >= 0.6 is 0 Å². The van der Waals surface area contributed by atoms with Crippen LogP contribution in [0.2, 0.25) is 0 Å². The molecule has 1 aromatic heterocycles. The van der Waals surface area contributed by atoms with E-state index >= 15 is 0 Å². The molecule has 0 amide bonds. The first kappa shape index (κ1) is 27.2. The van der Waals surface area contributed by atoms with Crippen molar-refractivity contribution >= 4 is 22.3 Å². The lowest BCUT2D eigenvalue weighted by molar-refractivity contribution is 0.0685. The molecule has 1 fully saturated rings. The Morgan fingerprint density at radius 2 is 1.60 bits per heavy atom. The highest BCUT2D eigenvalue weighted by Crippen LogP contribution is 2.36. The lowest BCUT2D eigenvalue weighted by atomic mass is 9.90. The number of ether oxygens (including phenoxy) is 1. The van der Waals surface area contributed by atoms with E-state index in [0.717, 1.165) is 62.5 Å². The van der Waals surface area contributed by atoms with Crippen LogP contribution in [0.5, 0.6) is 5.75 Å². The van der Waals surface area contributed by atoms with Crippen molar-refractivity contribution in [3.63, 3.8) is 0 Å². The van der Waals surface area contributed by atoms with Crippen molar-refractivity contribution in [2.45, 2.75) is 38.8 Å². The number of carbonyl (C=O) groups is 1. The Morgan fingerprint density at radius 1 is 0.837 bits per heavy atom. The largest absolute Gasteiger partial charge is 0.489 e. The van der Waals surface area contributed by atoms with Crippen LogP contribution in [0.15, 0.2) is 103 Å². The van der Waals surface area contributed by atoms with E-state index < -0.39 is 5.97 Å². The quantitative estimate of drug-likeness (QED) is 0.228. The minimum atomic E-state index is -0.923. The predicted octanol–water partition coefficient (Wildman–Crippen LogP) is 7.01. The molecular weight excluding hydrogens is 534 g/mol. The van der Waals surface area contributed by atoms with Crippen LogP contribution in [0.4, 0.5) is 0 Å². The third kappa shape index (κ3) is 5.58. The van der Waals surface area contributed by atoms with Gasteiger partial charge >= 0.3 is 5.97 Å². The number of carboxylic acid groups (broad SMARTS) is 1. The van der Waals surface area contributed by atoms with Gasteiger partial charge in [-0.25, -0.2) is 9.78 Å². The van der Waals surface area contributed by atoms with Gasteiger partial charge in [0.1, 0.15) is 23.9 Å². The Labute approximate surface area is 251 Å². The van der Waals surface area contributed by atoms with E-state index in [2.05, 4.69) is 101 Å². The number of nitrogens with zero attached hydrogens (tertiary/aromatic N) is 3. The van der Waals surface area contributed by atoms with E-state index in [1.54, 1.807) is 0 Å². The molecule has 4 aromatic carbocycles. The average Bonchev–Trinajstić information content (AvgIpc) is 3.40. The number of aromatic nitrogens is 2. The molecule has 1 N–H and O–H groups in total. The summed E-state index contributed by atoms with van der Waals surface area (Å²) in [5, 5.41) is 12.2. The number of benzene rings is 4. The first-order valence-corrected chi connectivity index (χ1v) is 15.1. The molecule has 43 heavy (non-hydrogen) atoms. The summed E-state index contributed by atoms with van der Waals surface area (Å²) in [6.07, 6.45) is 5.22. The van der Waals surface area contributed by atoms with Crippen LogP contribution in [0.3, 0.4) is 0 Å². The van der Waals surface area contributed by atoms with Gasteiger partial charge in [-0.1, -0.05) is 84.4 Å². The van der Waals surface area contributed by atoms with E-state index in [1.165, 1.54) is 44.8 Å². The zero-order valence-corrected chi connectivity index (χ0v) is 24.2. The van der Waals surface area contributed by atoms with Gasteiger partial charge in [-0.2, -0.15) is 0 Å². The molecule has 0 radical (unpaired) electrons. The van der Waals surface area contributed by atoms with Gasteiger partial charge < -0.3 is 19.3 Å². The third-order valence-corrected chi connectivity index (χ3v) is 8.92. The maximum atomic E-state index is 11.9. The molecule has 216 valence electrons. The van der Waals surface area contributed by atoms with Crippen molar-refractivity contribution in [2.75, 3.05) is 19.6 Å². The van der Waals surface area contributed by atoms with Gasteiger partial charge in [0.05, 0.1) is 6.20 Å². The summed E-state index contributed by atoms with van der Waals surface area (Å²) in [5.41, 5.74) is 7.75. The van der Waals surface area contributed by atoms with Crippen molar-refractivity contribution < 1.29 is 14.6 Å². The second kappa shape index (κ2) is 11.9. The summed E-state index contributed by atoms with van der Waals surface area (Å²) in [4.78, 5) is 19.1. The molecule has 2 aliphatic rings. The molecule has 3 heterocycles. The molecule has 2 aliphatic heterocycles. The molecule has 0 spiro atoms. The summed E-state index contributed by atoms with van der Waals surface area (Å²) in [5.74, 6) is 0.765. The normalized spacial score (nSPS) is 15.2. The van der Waals surface area contributed by atoms with Gasteiger partial charge in [0.25, 0.3) is 0 Å². The Bertz CT molecular complexity index is 1800. The van der Waals surface area contributed by atoms with Gasteiger partial charge in [0, 0.05) is 31.8 Å². The fraction of sp³-hybridized carbons (Fsp3) is 0.243. The van der Waals surface area contributed by atoms with Crippen LogP contribution in [0, 0.1) is 0 Å². The second-order valence-corrected chi connectivity index (χ2v) is 11.5. The molecule has 6 nitrogen and oxygen atoms in total. The van der Waals surface area contributed by atoms with Crippen LogP contribution in [-0.2, 0) is 26.0 Å². The van der Waals surface area contributed by atoms with Crippen molar-refractivity contribution in [1.29, 1.82) is 0 Å². The number of aromatic carboxylic acids is 1. The zero-order chi connectivity index (χ0) is 29.2. The van der Waals surface area contributed by atoms with Crippen molar-refractivity contribution in [1.82, 2.24) is 14.5 Å². The maximum Gasteiger partial charge on any atom is 0.354 e. The van der Waals surface area contributed by atoms with Gasteiger partial charge in [0.15, 0.2) is 0 Å². The lowest BCUT2D eigenvalue weighted by Crippen LogP contribution is -2.33. The Hall–Kier alpha value is -4.68.